The molecule has 1 aromatic heterocycles. The summed E-state index contributed by atoms with van der Waals surface area (Å²) in [6.45, 7) is 5.65. The molecule has 2 nitrogen and oxygen atoms in total. The lowest BCUT2D eigenvalue weighted by molar-refractivity contribution is 0.211. The van der Waals surface area contributed by atoms with E-state index in [2.05, 4.69) is 41.2 Å². The fourth-order valence-electron chi connectivity index (χ4n) is 2.91. The van der Waals surface area contributed by atoms with Crippen molar-refractivity contribution >= 4 is 15.9 Å². The molecule has 1 fully saturated rings. The van der Waals surface area contributed by atoms with Crippen molar-refractivity contribution in [3.63, 3.8) is 0 Å². The summed E-state index contributed by atoms with van der Waals surface area (Å²) in [4.78, 5) is 0. The zero-order valence-corrected chi connectivity index (χ0v) is 13.0. The van der Waals surface area contributed by atoms with Crippen LogP contribution in [0.3, 0.4) is 0 Å². The number of nitrogens with one attached hydrogen (secondary N) is 1. The lowest BCUT2D eigenvalue weighted by atomic mass is 9.78. The number of hydrogen-bond donors (Lipinski definition) is 1. The molecule has 1 unspecified atom stereocenters. The molecule has 0 saturated heterocycles. The molecular weight excluding hydrogens is 290 g/mol. The van der Waals surface area contributed by atoms with Crippen LogP contribution in [0.4, 0.5) is 0 Å². The van der Waals surface area contributed by atoms with Gasteiger partial charge < -0.3 is 9.73 Å². The highest BCUT2D eigenvalue weighted by Crippen LogP contribution is 2.37. The summed E-state index contributed by atoms with van der Waals surface area (Å²) in [6.07, 6.45) is 6.52. The minimum absolute atomic E-state index is 0.392. The van der Waals surface area contributed by atoms with Gasteiger partial charge in [0.1, 0.15) is 5.76 Å². The first kappa shape index (κ1) is 14.1. The molecule has 0 aliphatic heterocycles. The lowest BCUT2D eigenvalue weighted by Gasteiger charge is -2.32. The Morgan fingerprint density at radius 3 is 2.61 bits per heavy atom. The van der Waals surface area contributed by atoms with E-state index in [1.54, 1.807) is 0 Å². The van der Waals surface area contributed by atoms with Crippen LogP contribution in [0.25, 0.3) is 0 Å². The summed E-state index contributed by atoms with van der Waals surface area (Å²) < 4.78 is 6.61. The lowest BCUT2D eigenvalue weighted by Crippen LogP contribution is -2.31. The topological polar surface area (TPSA) is 25.2 Å². The molecule has 0 aromatic carbocycles. The van der Waals surface area contributed by atoms with Gasteiger partial charge in [-0.25, -0.2) is 0 Å². The van der Waals surface area contributed by atoms with Crippen molar-refractivity contribution in [3.05, 3.63) is 22.6 Å². The molecule has 0 radical (unpaired) electrons. The molecule has 1 atom stereocenters. The molecule has 2 rings (SSSR count). The van der Waals surface area contributed by atoms with Crippen LogP contribution < -0.4 is 5.32 Å². The van der Waals surface area contributed by atoms with Crippen LogP contribution in [0.1, 0.15) is 57.8 Å². The zero-order chi connectivity index (χ0) is 13.0. The van der Waals surface area contributed by atoms with Crippen molar-refractivity contribution in [1.29, 1.82) is 0 Å². The number of hydrogen-bond acceptors (Lipinski definition) is 2. The average Bonchev–Trinajstić information content (AvgIpc) is 2.78. The van der Waals surface area contributed by atoms with E-state index in [0.29, 0.717) is 6.04 Å². The van der Waals surface area contributed by atoms with Crippen LogP contribution >= 0.6 is 15.9 Å². The van der Waals surface area contributed by atoms with E-state index in [-0.39, 0.29) is 0 Å². The van der Waals surface area contributed by atoms with Gasteiger partial charge in [-0.3, -0.25) is 0 Å². The predicted molar refractivity (Wildman–Crippen MR) is 78.6 cm³/mol. The van der Waals surface area contributed by atoms with E-state index < -0.39 is 0 Å². The molecule has 1 N–H and O–H groups in total. The summed E-state index contributed by atoms with van der Waals surface area (Å²) in [5.41, 5.74) is 0. The van der Waals surface area contributed by atoms with Crippen molar-refractivity contribution in [2.75, 3.05) is 6.54 Å². The van der Waals surface area contributed by atoms with Crippen LogP contribution in [0, 0.1) is 11.8 Å². The van der Waals surface area contributed by atoms with Gasteiger partial charge in [0.25, 0.3) is 0 Å². The molecule has 1 aromatic rings. The van der Waals surface area contributed by atoms with Crippen LogP contribution in [-0.4, -0.2) is 6.54 Å². The van der Waals surface area contributed by atoms with Crippen LogP contribution in [-0.2, 0) is 0 Å². The third-order valence-corrected chi connectivity index (χ3v) is 4.47. The number of furan rings is 1. The highest BCUT2D eigenvalue weighted by atomic mass is 79.9. The van der Waals surface area contributed by atoms with Crippen molar-refractivity contribution in [2.24, 2.45) is 11.8 Å². The van der Waals surface area contributed by atoms with Crippen LogP contribution in [0.5, 0.6) is 0 Å². The molecule has 3 heteroatoms. The maximum Gasteiger partial charge on any atom is 0.169 e. The zero-order valence-electron chi connectivity index (χ0n) is 11.4. The summed E-state index contributed by atoms with van der Waals surface area (Å²) in [5.74, 6) is 2.72. The van der Waals surface area contributed by atoms with Gasteiger partial charge in [-0.2, -0.15) is 0 Å². The van der Waals surface area contributed by atoms with E-state index in [9.17, 15) is 0 Å². The Labute approximate surface area is 119 Å². The first-order valence-corrected chi connectivity index (χ1v) is 7.98. The maximum absolute atomic E-state index is 5.78. The van der Waals surface area contributed by atoms with Crippen LogP contribution in [0.2, 0.25) is 0 Å². The number of rotatable bonds is 5. The van der Waals surface area contributed by atoms with Crippen molar-refractivity contribution in [3.8, 4) is 0 Å². The fraction of sp³-hybridized carbons (Fsp3) is 0.733. The monoisotopic (exact) mass is 313 g/mol. The van der Waals surface area contributed by atoms with Gasteiger partial charge in [0.05, 0.1) is 6.04 Å². The Morgan fingerprint density at radius 1 is 1.33 bits per heavy atom. The standard InChI is InChI=1S/C15H24BrNO/c1-3-10-17-15(13-8-9-14(16)18-13)12-6-4-11(2)5-7-12/h8-9,11-12,15,17H,3-7,10H2,1-2H3. The normalized spacial score (nSPS) is 26.2. The smallest absolute Gasteiger partial charge is 0.169 e. The number of halogens is 1. The first-order chi connectivity index (χ1) is 8.70. The second-order valence-electron chi connectivity index (χ2n) is 5.59. The summed E-state index contributed by atoms with van der Waals surface area (Å²) >= 11 is 3.41. The summed E-state index contributed by atoms with van der Waals surface area (Å²) in [6, 6.07) is 4.50. The van der Waals surface area contributed by atoms with E-state index in [1.165, 1.54) is 32.1 Å². The van der Waals surface area contributed by atoms with Crippen molar-refractivity contribution in [2.45, 2.75) is 52.0 Å². The molecule has 0 spiro atoms. The minimum Gasteiger partial charge on any atom is -0.453 e. The third-order valence-electron chi connectivity index (χ3n) is 4.05. The second kappa shape index (κ2) is 6.76. The molecule has 18 heavy (non-hydrogen) atoms. The minimum atomic E-state index is 0.392. The van der Waals surface area contributed by atoms with Gasteiger partial charge in [0.15, 0.2) is 4.67 Å². The SMILES string of the molecule is CCCNC(c1ccc(Br)o1)C1CCC(C)CC1. The van der Waals surface area contributed by atoms with Gasteiger partial charge in [-0.05, 0) is 65.7 Å². The highest BCUT2D eigenvalue weighted by molar-refractivity contribution is 9.10. The fourth-order valence-corrected chi connectivity index (χ4v) is 3.23. The summed E-state index contributed by atoms with van der Waals surface area (Å²) in [5, 5.41) is 3.67. The molecule has 1 aliphatic carbocycles. The van der Waals surface area contributed by atoms with Gasteiger partial charge in [-0.15, -0.1) is 0 Å². The quantitative estimate of drug-likeness (QED) is 0.835. The Bertz CT molecular complexity index is 355. The molecule has 102 valence electrons. The predicted octanol–water partition coefficient (Wildman–Crippen LogP) is 4.91. The van der Waals surface area contributed by atoms with Crippen LogP contribution in [0.15, 0.2) is 21.2 Å². The van der Waals surface area contributed by atoms with Crippen molar-refractivity contribution < 1.29 is 4.42 Å². The Hall–Kier alpha value is -0.280. The Morgan fingerprint density at radius 2 is 2.06 bits per heavy atom. The van der Waals surface area contributed by atoms with E-state index in [4.69, 9.17) is 4.42 Å². The van der Waals surface area contributed by atoms with E-state index in [1.807, 2.05) is 6.07 Å². The molecule has 0 amide bonds. The molecule has 1 saturated carbocycles. The average molecular weight is 314 g/mol. The molecular formula is C15H24BrNO. The van der Waals surface area contributed by atoms with Gasteiger partial charge >= 0.3 is 0 Å². The largest absolute Gasteiger partial charge is 0.453 e. The van der Waals surface area contributed by atoms with E-state index in [0.717, 1.165) is 28.8 Å². The molecule has 1 heterocycles. The maximum atomic E-state index is 5.78. The highest BCUT2D eigenvalue weighted by Gasteiger charge is 2.28. The third kappa shape index (κ3) is 3.61. The second-order valence-corrected chi connectivity index (χ2v) is 6.38. The molecule has 1 aliphatic rings. The van der Waals surface area contributed by atoms with Gasteiger partial charge in [-0.1, -0.05) is 26.7 Å². The Balaban J connectivity index is 2.04. The van der Waals surface area contributed by atoms with Gasteiger partial charge in [0.2, 0.25) is 0 Å². The van der Waals surface area contributed by atoms with Crippen molar-refractivity contribution in [1.82, 2.24) is 5.32 Å². The first-order valence-electron chi connectivity index (χ1n) is 7.19. The van der Waals surface area contributed by atoms with Gasteiger partial charge in [0, 0.05) is 0 Å². The Kier molecular flexibility index (Phi) is 5.31. The summed E-state index contributed by atoms with van der Waals surface area (Å²) in [7, 11) is 0. The van der Waals surface area contributed by atoms with E-state index >= 15 is 0 Å². The molecule has 0 bridgehead atoms.